The third-order valence-corrected chi connectivity index (χ3v) is 3.44. The van der Waals surface area contributed by atoms with Crippen LogP contribution in [0, 0.1) is 0 Å². The molecule has 2 rings (SSSR count). The molecule has 1 nitrogen and oxygen atoms in total. The zero-order chi connectivity index (χ0) is 7.03. The smallest absolute Gasteiger partial charge is 0.0643 e. The first-order chi connectivity index (χ1) is 4.81. The molecule has 0 aliphatic heterocycles. The summed E-state index contributed by atoms with van der Waals surface area (Å²) < 4.78 is 0.402. The molecule has 0 amide bonds. The van der Waals surface area contributed by atoms with Gasteiger partial charge in [0.05, 0.1) is 9.12 Å². The Morgan fingerprint density at radius 1 is 1.40 bits per heavy atom. The molecular weight excluding hydrogens is 237 g/mol. The van der Waals surface area contributed by atoms with Crippen LogP contribution in [-0.4, -0.2) is 4.98 Å². The van der Waals surface area contributed by atoms with E-state index in [1.54, 1.807) is 0 Å². The Balaban J connectivity index is 2.35. The number of pyridine rings is 1. The summed E-state index contributed by atoms with van der Waals surface area (Å²) in [5.74, 6) is 0. The molecule has 0 radical (unpaired) electrons. The fourth-order valence-corrected chi connectivity index (χ4v) is 1.58. The molecule has 0 atom stereocenters. The van der Waals surface area contributed by atoms with Gasteiger partial charge in [-0.3, -0.25) is 4.98 Å². The Labute approximate surface area is 74.0 Å². The molecule has 1 aromatic heterocycles. The Morgan fingerprint density at radius 2 is 2.20 bits per heavy atom. The van der Waals surface area contributed by atoms with Gasteiger partial charge < -0.3 is 0 Å². The molecular formula is C8H8IN. The molecule has 1 aromatic rings. The molecule has 0 N–H and O–H groups in total. The minimum Gasteiger partial charge on any atom is -0.260 e. The van der Waals surface area contributed by atoms with Gasteiger partial charge in [-0.1, -0.05) is 28.7 Å². The fourth-order valence-electron chi connectivity index (χ4n) is 0.994. The van der Waals surface area contributed by atoms with Crippen LogP contribution in [0.5, 0.6) is 0 Å². The number of aromatic nitrogens is 1. The first-order valence-corrected chi connectivity index (χ1v) is 4.50. The zero-order valence-corrected chi connectivity index (χ0v) is 7.71. The summed E-state index contributed by atoms with van der Waals surface area (Å²) >= 11 is 2.49. The van der Waals surface area contributed by atoms with Crippen molar-refractivity contribution in [2.45, 2.75) is 16.3 Å². The van der Waals surface area contributed by atoms with Gasteiger partial charge in [-0.2, -0.15) is 0 Å². The van der Waals surface area contributed by atoms with E-state index in [9.17, 15) is 0 Å². The van der Waals surface area contributed by atoms with E-state index in [0.29, 0.717) is 3.42 Å². The van der Waals surface area contributed by atoms with Gasteiger partial charge in [-0.05, 0) is 25.0 Å². The summed E-state index contributed by atoms with van der Waals surface area (Å²) in [6.45, 7) is 0. The molecule has 1 saturated carbocycles. The summed E-state index contributed by atoms with van der Waals surface area (Å²) in [4.78, 5) is 4.30. The van der Waals surface area contributed by atoms with Crippen LogP contribution in [0.15, 0.2) is 24.4 Å². The predicted octanol–water partition coefficient (Wildman–Crippen LogP) is 2.51. The van der Waals surface area contributed by atoms with Crippen molar-refractivity contribution in [3.63, 3.8) is 0 Å². The monoisotopic (exact) mass is 245 g/mol. The van der Waals surface area contributed by atoms with Crippen LogP contribution in [-0.2, 0) is 3.42 Å². The molecule has 0 unspecified atom stereocenters. The van der Waals surface area contributed by atoms with Crippen LogP contribution in [0.25, 0.3) is 0 Å². The van der Waals surface area contributed by atoms with E-state index in [4.69, 9.17) is 0 Å². The van der Waals surface area contributed by atoms with Crippen LogP contribution in [0.3, 0.4) is 0 Å². The third kappa shape index (κ3) is 1.05. The van der Waals surface area contributed by atoms with E-state index in [1.165, 1.54) is 18.5 Å². The van der Waals surface area contributed by atoms with Gasteiger partial charge in [-0.15, -0.1) is 0 Å². The van der Waals surface area contributed by atoms with Gasteiger partial charge >= 0.3 is 0 Å². The number of hydrogen-bond acceptors (Lipinski definition) is 1. The van der Waals surface area contributed by atoms with Crippen molar-refractivity contribution in [3.05, 3.63) is 30.1 Å². The highest BCUT2D eigenvalue weighted by Gasteiger charge is 2.42. The van der Waals surface area contributed by atoms with Crippen molar-refractivity contribution in [2.75, 3.05) is 0 Å². The number of hydrogen-bond donors (Lipinski definition) is 0. The second-order valence-corrected chi connectivity index (χ2v) is 4.75. The van der Waals surface area contributed by atoms with Gasteiger partial charge in [0.25, 0.3) is 0 Å². The van der Waals surface area contributed by atoms with Crippen molar-refractivity contribution < 1.29 is 0 Å². The van der Waals surface area contributed by atoms with Crippen molar-refractivity contribution in [3.8, 4) is 0 Å². The summed E-state index contributed by atoms with van der Waals surface area (Å²) in [5.41, 5.74) is 1.25. The average Bonchev–Trinajstić information content (AvgIpc) is 2.72. The molecule has 1 fully saturated rings. The standard InChI is InChI=1S/C8H8IN/c9-8(4-5-8)7-3-1-2-6-10-7/h1-3,6H,4-5H2. The number of halogens is 1. The van der Waals surface area contributed by atoms with Gasteiger partial charge in [0.15, 0.2) is 0 Å². The average molecular weight is 245 g/mol. The lowest BCUT2D eigenvalue weighted by Crippen LogP contribution is -1.96. The van der Waals surface area contributed by atoms with Crippen molar-refractivity contribution in [1.29, 1.82) is 0 Å². The topological polar surface area (TPSA) is 12.9 Å². The van der Waals surface area contributed by atoms with Crippen molar-refractivity contribution >= 4 is 22.6 Å². The third-order valence-electron chi connectivity index (χ3n) is 1.81. The van der Waals surface area contributed by atoms with E-state index in [0.717, 1.165) is 0 Å². The lowest BCUT2D eigenvalue weighted by molar-refractivity contribution is 0.991. The quantitative estimate of drug-likeness (QED) is 0.547. The van der Waals surface area contributed by atoms with Crippen LogP contribution in [0.2, 0.25) is 0 Å². The van der Waals surface area contributed by atoms with Gasteiger partial charge in [0.2, 0.25) is 0 Å². The SMILES string of the molecule is IC1(c2ccccn2)CC1. The Morgan fingerprint density at radius 3 is 2.70 bits per heavy atom. The highest BCUT2D eigenvalue weighted by Crippen LogP contribution is 2.53. The molecule has 0 aromatic carbocycles. The van der Waals surface area contributed by atoms with Crippen LogP contribution >= 0.6 is 22.6 Å². The van der Waals surface area contributed by atoms with Gasteiger partial charge in [0, 0.05) is 6.20 Å². The second kappa shape index (κ2) is 2.19. The van der Waals surface area contributed by atoms with Gasteiger partial charge in [0.1, 0.15) is 0 Å². The van der Waals surface area contributed by atoms with E-state index < -0.39 is 0 Å². The largest absolute Gasteiger partial charge is 0.260 e. The molecule has 1 aliphatic carbocycles. The highest BCUT2D eigenvalue weighted by molar-refractivity contribution is 14.1. The summed E-state index contributed by atoms with van der Waals surface area (Å²) in [6, 6.07) is 6.13. The molecule has 0 spiro atoms. The zero-order valence-electron chi connectivity index (χ0n) is 5.55. The lowest BCUT2D eigenvalue weighted by atomic mass is 10.2. The molecule has 2 heteroatoms. The van der Waals surface area contributed by atoms with Crippen LogP contribution in [0.4, 0.5) is 0 Å². The normalized spacial score (nSPS) is 20.5. The maximum absolute atomic E-state index is 4.30. The molecule has 52 valence electrons. The van der Waals surface area contributed by atoms with E-state index in [1.807, 2.05) is 12.3 Å². The number of rotatable bonds is 1. The van der Waals surface area contributed by atoms with E-state index in [2.05, 4.69) is 39.7 Å². The number of nitrogens with zero attached hydrogens (tertiary/aromatic N) is 1. The lowest BCUT2D eigenvalue weighted by Gasteiger charge is -2.02. The minimum atomic E-state index is 0.402. The first kappa shape index (κ1) is 6.58. The number of alkyl halides is 1. The van der Waals surface area contributed by atoms with Gasteiger partial charge in [-0.25, -0.2) is 0 Å². The molecule has 1 aliphatic rings. The first-order valence-electron chi connectivity index (χ1n) is 3.42. The van der Waals surface area contributed by atoms with Crippen molar-refractivity contribution in [2.24, 2.45) is 0 Å². The van der Waals surface area contributed by atoms with E-state index in [-0.39, 0.29) is 0 Å². The summed E-state index contributed by atoms with van der Waals surface area (Å²) in [5, 5.41) is 0. The van der Waals surface area contributed by atoms with Crippen LogP contribution in [0.1, 0.15) is 18.5 Å². The highest BCUT2D eigenvalue weighted by atomic mass is 127. The minimum absolute atomic E-state index is 0.402. The molecule has 10 heavy (non-hydrogen) atoms. The van der Waals surface area contributed by atoms with Crippen LogP contribution < -0.4 is 0 Å². The Hall–Kier alpha value is -0.120. The van der Waals surface area contributed by atoms with Crippen molar-refractivity contribution in [1.82, 2.24) is 4.98 Å². The maximum atomic E-state index is 4.30. The molecule has 1 heterocycles. The second-order valence-electron chi connectivity index (χ2n) is 2.68. The molecule has 0 saturated heterocycles. The summed E-state index contributed by atoms with van der Waals surface area (Å²) in [6.07, 6.45) is 4.46. The predicted molar refractivity (Wildman–Crippen MR) is 49.2 cm³/mol. The fraction of sp³-hybridized carbons (Fsp3) is 0.375. The maximum Gasteiger partial charge on any atom is 0.0643 e. The Bertz CT molecular complexity index is 228. The summed E-state index contributed by atoms with van der Waals surface area (Å²) in [7, 11) is 0. The molecule has 0 bridgehead atoms. The van der Waals surface area contributed by atoms with E-state index >= 15 is 0 Å². The Kier molecular flexibility index (Phi) is 1.44.